The zero-order valence-electron chi connectivity index (χ0n) is 24.4. The minimum atomic E-state index is -0.105. The molecule has 7 rings (SSSR count). The molecule has 0 unspecified atom stereocenters. The molecule has 0 saturated heterocycles. The van der Waals surface area contributed by atoms with Gasteiger partial charge in [-0.2, -0.15) is 0 Å². The maximum Gasteiger partial charge on any atom is 0.0465 e. The Bertz CT molecular complexity index is 1720. The van der Waals surface area contributed by atoms with Crippen LogP contribution in [0.4, 0.5) is 17.1 Å². The Hall–Kier alpha value is -4.10. The van der Waals surface area contributed by atoms with Gasteiger partial charge in [0.05, 0.1) is 0 Å². The van der Waals surface area contributed by atoms with Crippen molar-refractivity contribution in [1.82, 2.24) is 0 Å². The summed E-state index contributed by atoms with van der Waals surface area (Å²) in [6.45, 7) is 14.5. The molecule has 2 aliphatic rings. The number of anilines is 3. The predicted octanol–water partition coefficient (Wildman–Crippen LogP) is 10.7. The number of hydrogen-bond acceptors (Lipinski definition) is 1. The normalized spacial score (nSPS) is 16.9. The molecule has 0 spiro atoms. The van der Waals surface area contributed by atoms with E-state index in [1.54, 1.807) is 0 Å². The zero-order chi connectivity index (χ0) is 27.9. The molecule has 198 valence electrons. The lowest BCUT2D eigenvalue weighted by atomic mass is 9.55. The van der Waals surface area contributed by atoms with Gasteiger partial charge in [-0.25, -0.2) is 0 Å². The van der Waals surface area contributed by atoms with Crippen molar-refractivity contribution in [3.63, 3.8) is 0 Å². The Morgan fingerprint density at radius 1 is 0.375 bits per heavy atom. The van der Waals surface area contributed by atoms with Gasteiger partial charge < -0.3 is 4.90 Å². The monoisotopic (exact) mass is 519 g/mol. The van der Waals surface area contributed by atoms with E-state index in [9.17, 15) is 0 Å². The molecule has 0 bridgehead atoms. The summed E-state index contributed by atoms with van der Waals surface area (Å²) >= 11 is 0. The van der Waals surface area contributed by atoms with Crippen molar-refractivity contribution >= 4 is 17.1 Å². The second-order valence-electron chi connectivity index (χ2n) is 13.1. The van der Waals surface area contributed by atoms with Crippen LogP contribution in [0.15, 0.2) is 115 Å². The summed E-state index contributed by atoms with van der Waals surface area (Å²) in [5.41, 5.74) is 14.7. The van der Waals surface area contributed by atoms with Crippen molar-refractivity contribution < 1.29 is 0 Å². The maximum absolute atomic E-state index is 2.55. The second kappa shape index (κ2) is 8.45. The Kier molecular flexibility index (Phi) is 5.26. The van der Waals surface area contributed by atoms with E-state index in [4.69, 9.17) is 0 Å². The highest BCUT2D eigenvalue weighted by Gasteiger charge is 2.47. The number of fused-ring (bicyclic) bond motifs is 6. The van der Waals surface area contributed by atoms with Crippen molar-refractivity contribution in [1.29, 1.82) is 0 Å². The maximum atomic E-state index is 2.55. The van der Waals surface area contributed by atoms with Gasteiger partial charge in [-0.3, -0.25) is 0 Å². The molecule has 0 atom stereocenters. The van der Waals surface area contributed by atoms with E-state index in [0.29, 0.717) is 0 Å². The molecule has 0 radical (unpaired) electrons. The molecule has 0 aliphatic heterocycles. The molecule has 5 aromatic carbocycles. The highest BCUT2D eigenvalue weighted by molar-refractivity contribution is 5.90. The summed E-state index contributed by atoms with van der Waals surface area (Å²) in [5, 5.41) is 0. The fourth-order valence-corrected chi connectivity index (χ4v) is 7.19. The standard InChI is InChI=1S/C39H37N/c1-37(2)34-23-28(40(26-15-9-7-10-16-26)27-17-11-8-12-18-27)21-22-30(34)31-24-32-29-19-13-14-20-33(29)38(3,4)39(5,6)36(32)25-35(31)37/h7-25H,1-6H3. The first-order valence-electron chi connectivity index (χ1n) is 14.5. The van der Waals surface area contributed by atoms with Gasteiger partial charge in [-0.1, -0.05) is 114 Å². The van der Waals surface area contributed by atoms with E-state index >= 15 is 0 Å². The lowest BCUT2D eigenvalue weighted by molar-refractivity contribution is 0.298. The van der Waals surface area contributed by atoms with E-state index in [-0.39, 0.29) is 16.2 Å². The third-order valence-corrected chi connectivity index (χ3v) is 10.2. The first-order valence-corrected chi connectivity index (χ1v) is 14.5. The molecule has 0 heterocycles. The molecular formula is C39H37N. The molecule has 5 aromatic rings. The van der Waals surface area contributed by atoms with Crippen molar-refractivity contribution in [3.8, 4) is 22.3 Å². The number of rotatable bonds is 3. The largest absolute Gasteiger partial charge is 0.310 e. The van der Waals surface area contributed by atoms with Crippen LogP contribution in [0.3, 0.4) is 0 Å². The van der Waals surface area contributed by atoms with E-state index in [1.165, 1.54) is 50.2 Å². The van der Waals surface area contributed by atoms with E-state index < -0.39 is 0 Å². The van der Waals surface area contributed by atoms with Crippen LogP contribution in [-0.4, -0.2) is 0 Å². The van der Waals surface area contributed by atoms with Crippen molar-refractivity contribution in [3.05, 3.63) is 138 Å². The molecule has 0 fully saturated rings. The summed E-state index contributed by atoms with van der Waals surface area (Å²) in [6.07, 6.45) is 0. The number of hydrogen-bond donors (Lipinski definition) is 0. The minimum Gasteiger partial charge on any atom is -0.310 e. The Labute approximate surface area is 239 Å². The van der Waals surface area contributed by atoms with E-state index in [0.717, 1.165) is 11.4 Å². The number of benzene rings is 5. The van der Waals surface area contributed by atoms with Crippen LogP contribution >= 0.6 is 0 Å². The first-order chi connectivity index (χ1) is 19.1. The highest BCUT2D eigenvalue weighted by atomic mass is 15.1. The van der Waals surface area contributed by atoms with E-state index in [2.05, 4.69) is 162 Å². The lowest BCUT2D eigenvalue weighted by Crippen LogP contribution is -2.43. The SMILES string of the molecule is CC1(C)c2cc(N(c3ccccc3)c3ccccc3)ccc2-c2cc3c(cc21)C(C)(C)C(C)(C)c1ccccc1-3. The molecule has 40 heavy (non-hydrogen) atoms. The summed E-state index contributed by atoms with van der Waals surface area (Å²) in [6, 6.07) is 42.5. The van der Waals surface area contributed by atoms with Crippen LogP contribution in [0, 0.1) is 0 Å². The molecule has 0 saturated carbocycles. The Balaban J connectivity index is 1.43. The van der Waals surface area contributed by atoms with Gasteiger partial charge >= 0.3 is 0 Å². The van der Waals surface area contributed by atoms with Gasteiger partial charge in [0.2, 0.25) is 0 Å². The average Bonchev–Trinajstić information content (AvgIpc) is 3.18. The molecule has 1 heteroatoms. The minimum absolute atomic E-state index is 0.000844. The average molecular weight is 520 g/mol. The predicted molar refractivity (Wildman–Crippen MR) is 170 cm³/mol. The number of para-hydroxylation sites is 2. The van der Waals surface area contributed by atoms with Crippen LogP contribution in [-0.2, 0) is 16.2 Å². The van der Waals surface area contributed by atoms with Crippen LogP contribution in [0.25, 0.3) is 22.3 Å². The van der Waals surface area contributed by atoms with Crippen molar-refractivity contribution in [2.24, 2.45) is 0 Å². The molecule has 2 aliphatic carbocycles. The van der Waals surface area contributed by atoms with Gasteiger partial charge in [0.15, 0.2) is 0 Å². The van der Waals surface area contributed by atoms with Gasteiger partial charge in [-0.05, 0) is 97.8 Å². The summed E-state index contributed by atoms with van der Waals surface area (Å²) < 4.78 is 0. The quantitative estimate of drug-likeness (QED) is 0.229. The van der Waals surface area contributed by atoms with Crippen molar-refractivity contribution in [2.45, 2.75) is 57.8 Å². The molecule has 1 nitrogen and oxygen atoms in total. The molecule has 0 aromatic heterocycles. The molecular weight excluding hydrogens is 482 g/mol. The van der Waals surface area contributed by atoms with Gasteiger partial charge in [0.25, 0.3) is 0 Å². The van der Waals surface area contributed by atoms with Crippen LogP contribution < -0.4 is 4.90 Å². The van der Waals surface area contributed by atoms with Crippen molar-refractivity contribution in [2.75, 3.05) is 4.90 Å². The number of nitrogens with zero attached hydrogens (tertiary/aromatic N) is 1. The summed E-state index contributed by atoms with van der Waals surface area (Å²) in [7, 11) is 0. The first kappa shape index (κ1) is 24.9. The summed E-state index contributed by atoms with van der Waals surface area (Å²) in [5.74, 6) is 0. The fourth-order valence-electron chi connectivity index (χ4n) is 7.19. The topological polar surface area (TPSA) is 3.24 Å². The fraction of sp³-hybridized carbons (Fsp3) is 0.231. The van der Waals surface area contributed by atoms with Gasteiger partial charge in [0, 0.05) is 22.5 Å². The Morgan fingerprint density at radius 3 is 1.52 bits per heavy atom. The van der Waals surface area contributed by atoms with Crippen LogP contribution in [0.5, 0.6) is 0 Å². The van der Waals surface area contributed by atoms with Crippen LogP contribution in [0.1, 0.15) is 63.8 Å². The van der Waals surface area contributed by atoms with Gasteiger partial charge in [-0.15, -0.1) is 0 Å². The van der Waals surface area contributed by atoms with Crippen LogP contribution in [0.2, 0.25) is 0 Å². The Morgan fingerprint density at radius 2 is 0.875 bits per heavy atom. The van der Waals surface area contributed by atoms with E-state index in [1.807, 2.05) is 0 Å². The smallest absolute Gasteiger partial charge is 0.0465 e. The second-order valence-corrected chi connectivity index (χ2v) is 13.1. The third kappa shape index (κ3) is 3.33. The highest BCUT2D eigenvalue weighted by Crippen LogP contribution is 2.58. The zero-order valence-corrected chi connectivity index (χ0v) is 24.4. The molecule has 0 N–H and O–H groups in total. The summed E-state index contributed by atoms with van der Waals surface area (Å²) in [4.78, 5) is 2.37. The lowest BCUT2D eigenvalue weighted by Gasteiger charge is -2.48. The molecule has 0 amide bonds. The van der Waals surface area contributed by atoms with Gasteiger partial charge in [0.1, 0.15) is 0 Å². The third-order valence-electron chi connectivity index (χ3n) is 10.2.